The summed E-state index contributed by atoms with van der Waals surface area (Å²) in [7, 11) is 1.54. The molecule has 4 aromatic rings. The summed E-state index contributed by atoms with van der Waals surface area (Å²) in [6.07, 6.45) is 0. The van der Waals surface area contributed by atoms with Crippen molar-refractivity contribution in [3.8, 4) is 17.1 Å². The van der Waals surface area contributed by atoms with E-state index in [4.69, 9.17) is 13.6 Å². The molecule has 5 heteroatoms. The molecule has 0 spiro atoms. The molecule has 0 saturated heterocycles. The van der Waals surface area contributed by atoms with Gasteiger partial charge >= 0.3 is 5.63 Å². The lowest BCUT2D eigenvalue weighted by molar-refractivity contribution is 0.414. The molecule has 0 aliphatic carbocycles. The third-order valence-corrected chi connectivity index (χ3v) is 4.09. The van der Waals surface area contributed by atoms with Crippen LogP contribution in [0, 0.1) is 12.7 Å². The molecule has 2 heterocycles. The summed E-state index contributed by atoms with van der Waals surface area (Å²) >= 11 is 0. The molecule has 0 fully saturated rings. The number of aryl methyl sites for hydroxylation is 1. The van der Waals surface area contributed by atoms with Gasteiger partial charge in [-0.1, -0.05) is 0 Å². The predicted octanol–water partition coefficient (Wildman–Crippen LogP) is 4.66. The molecular formula is C19H13FO4. The Balaban J connectivity index is 2.06. The molecular weight excluding hydrogens is 311 g/mol. The van der Waals surface area contributed by atoms with Gasteiger partial charge in [0.25, 0.3) is 0 Å². The van der Waals surface area contributed by atoms with Gasteiger partial charge in [0.1, 0.15) is 28.5 Å². The Morgan fingerprint density at radius 1 is 0.958 bits per heavy atom. The highest BCUT2D eigenvalue weighted by Crippen LogP contribution is 2.36. The van der Waals surface area contributed by atoms with Gasteiger partial charge in [-0.05, 0) is 37.3 Å². The van der Waals surface area contributed by atoms with E-state index in [1.165, 1.54) is 18.2 Å². The third-order valence-electron chi connectivity index (χ3n) is 4.09. The highest BCUT2D eigenvalue weighted by atomic mass is 19.1. The molecule has 0 aliphatic heterocycles. The number of hydrogen-bond acceptors (Lipinski definition) is 4. The van der Waals surface area contributed by atoms with Crippen LogP contribution >= 0.6 is 0 Å². The molecule has 0 atom stereocenters. The summed E-state index contributed by atoms with van der Waals surface area (Å²) in [6.45, 7) is 1.84. The number of halogens is 1. The van der Waals surface area contributed by atoms with Gasteiger partial charge in [-0.25, -0.2) is 9.18 Å². The second kappa shape index (κ2) is 5.23. The van der Waals surface area contributed by atoms with Crippen LogP contribution in [0.5, 0.6) is 5.75 Å². The zero-order valence-electron chi connectivity index (χ0n) is 13.1. The van der Waals surface area contributed by atoms with Crippen LogP contribution in [0.2, 0.25) is 0 Å². The smallest absolute Gasteiger partial charge is 0.336 e. The summed E-state index contributed by atoms with van der Waals surface area (Å²) in [5.74, 6) is 0.782. The molecule has 4 rings (SSSR count). The molecule has 0 aliphatic rings. The topological polar surface area (TPSA) is 52.6 Å². The average molecular weight is 324 g/mol. The molecule has 0 saturated carbocycles. The fraction of sp³-hybridized carbons (Fsp3) is 0.105. The molecule has 0 N–H and O–H groups in total. The first-order valence-corrected chi connectivity index (χ1v) is 7.38. The van der Waals surface area contributed by atoms with Crippen LogP contribution in [0.3, 0.4) is 0 Å². The molecule has 0 bridgehead atoms. The van der Waals surface area contributed by atoms with E-state index in [0.717, 1.165) is 10.9 Å². The lowest BCUT2D eigenvalue weighted by Gasteiger charge is -2.05. The Morgan fingerprint density at radius 3 is 2.58 bits per heavy atom. The van der Waals surface area contributed by atoms with Crippen LogP contribution < -0.4 is 10.4 Å². The van der Waals surface area contributed by atoms with Gasteiger partial charge in [0, 0.05) is 34.0 Å². The summed E-state index contributed by atoms with van der Waals surface area (Å²) in [6, 6.07) is 11.0. The van der Waals surface area contributed by atoms with Crippen molar-refractivity contribution in [3.05, 3.63) is 64.3 Å². The van der Waals surface area contributed by atoms with Crippen LogP contribution in [0.25, 0.3) is 33.3 Å². The number of methoxy groups -OCH3 is 1. The summed E-state index contributed by atoms with van der Waals surface area (Å²) in [4.78, 5) is 11.9. The molecule has 0 amide bonds. The maximum Gasteiger partial charge on any atom is 0.336 e. The van der Waals surface area contributed by atoms with Crippen LogP contribution in [0.15, 0.2) is 56.1 Å². The standard InChI is InChI=1S/C19H13FO4/c1-10-14-7-11(20)3-6-16(14)24-19(10)15-9-18(21)23-17-8-12(22-2)4-5-13(15)17/h3-9H,1-2H3. The third kappa shape index (κ3) is 2.17. The van der Waals surface area contributed by atoms with Crippen molar-refractivity contribution in [2.45, 2.75) is 6.92 Å². The second-order valence-corrected chi connectivity index (χ2v) is 5.54. The fourth-order valence-corrected chi connectivity index (χ4v) is 2.91. The van der Waals surface area contributed by atoms with E-state index in [-0.39, 0.29) is 5.82 Å². The van der Waals surface area contributed by atoms with E-state index in [1.807, 2.05) is 6.92 Å². The predicted molar refractivity (Wildman–Crippen MR) is 88.9 cm³/mol. The van der Waals surface area contributed by atoms with Crippen molar-refractivity contribution in [2.75, 3.05) is 7.11 Å². The van der Waals surface area contributed by atoms with E-state index >= 15 is 0 Å². The highest BCUT2D eigenvalue weighted by Gasteiger charge is 2.17. The van der Waals surface area contributed by atoms with E-state index in [0.29, 0.717) is 33.6 Å². The summed E-state index contributed by atoms with van der Waals surface area (Å²) in [5.41, 5.74) is 1.86. The molecule has 0 radical (unpaired) electrons. The van der Waals surface area contributed by atoms with Gasteiger partial charge in [-0.2, -0.15) is 0 Å². The van der Waals surface area contributed by atoms with Gasteiger partial charge < -0.3 is 13.6 Å². The molecule has 2 aromatic carbocycles. The Hall–Kier alpha value is -3.08. The van der Waals surface area contributed by atoms with Gasteiger partial charge in [0.05, 0.1) is 7.11 Å². The maximum atomic E-state index is 13.5. The first-order valence-electron chi connectivity index (χ1n) is 7.38. The number of benzene rings is 2. The number of rotatable bonds is 2. The maximum absolute atomic E-state index is 13.5. The fourth-order valence-electron chi connectivity index (χ4n) is 2.91. The Bertz CT molecular complexity index is 1140. The van der Waals surface area contributed by atoms with Crippen LogP contribution in [-0.4, -0.2) is 7.11 Å². The van der Waals surface area contributed by atoms with Crippen LogP contribution in [0.1, 0.15) is 5.56 Å². The van der Waals surface area contributed by atoms with Crippen molar-refractivity contribution < 1.29 is 18.0 Å². The van der Waals surface area contributed by atoms with Crippen molar-refractivity contribution in [3.63, 3.8) is 0 Å². The van der Waals surface area contributed by atoms with Crippen LogP contribution in [-0.2, 0) is 0 Å². The van der Waals surface area contributed by atoms with Crippen molar-refractivity contribution in [1.82, 2.24) is 0 Å². The van der Waals surface area contributed by atoms with E-state index in [2.05, 4.69) is 0 Å². The first kappa shape index (κ1) is 14.5. The molecule has 2 aromatic heterocycles. The largest absolute Gasteiger partial charge is 0.497 e. The van der Waals surface area contributed by atoms with E-state index in [9.17, 15) is 9.18 Å². The minimum Gasteiger partial charge on any atom is -0.497 e. The van der Waals surface area contributed by atoms with Gasteiger partial charge in [0.2, 0.25) is 0 Å². The monoisotopic (exact) mass is 324 g/mol. The second-order valence-electron chi connectivity index (χ2n) is 5.54. The highest BCUT2D eigenvalue weighted by molar-refractivity contribution is 5.97. The minimum absolute atomic E-state index is 0.333. The quantitative estimate of drug-likeness (QED) is 0.503. The summed E-state index contributed by atoms with van der Waals surface area (Å²) < 4.78 is 29.8. The van der Waals surface area contributed by atoms with Crippen molar-refractivity contribution >= 4 is 21.9 Å². The van der Waals surface area contributed by atoms with Crippen molar-refractivity contribution in [1.29, 1.82) is 0 Å². The Kier molecular flexibility index (Phi) is 3.16. The Labute approximate surface area is 136 Å². The van der Waals surface area contributed by atoms with Gasteiger partial charge in [-0.15, -0.1) is 0 Å². The number of hydrogen-bond donors (Lipinski definition) is 0. The number of furan rings is 1. The van der Waals surface area contributed by atoms with E-state index in [1.54, 1.807) is 31.4 Å². The first-order chi connectivity index (χ1) is 11.6. The zero-order valence-corrected chi connectivity index (χ0v) is 13.1. The minimum atomic E-state index is -0.489. The lowest BCUT2D eigenvalue weighted by atomic mass is 10.0. The van der Waals surface area contributed by atoms with E-state index < -0.39 is 5.63 Å². The Morgan fingerprint density at radius 2 is 1.79 bits per heavy atom. The zero-order chi connectivity index (χ0) is 16.8. The number of fused-ring (bicyclic) bond motifs is 2. The van der Waals surface area contributed by atoms with Crippen molar-refractivity contribution in [2.24, 2.45) is 0 Å². The van der Waals surface area contributed by atoms with Crippen LogP contribution in [0.4, 0.5) is 4.39 Å². The molecule has 0 unspecified atom stereocenters. The average Bonchev–Trinajstić information content (AvgIpc) is 2.90. The normalized spacial score (nSPS) is 11.3. The number of ether oxygens (including phenoxy) is 1. The lowest BCUT2D eigenvalue weighted by Crippen LogP contribution is -1.98. The SMILES string of the molecule is COc1ccc2c(-c3oc4ccc(F)cc4c3C)cc(=O)oc2c1. The molecule has 24 heavy (non-hydrogen) atoms. The van der Waals surface area contributed by atoms with Gasteiger partial charge in [0.15, 0.2) is 0 Å². The summed E-state index contributed by atoms with van der Waals surface area (Å²) in [5, 5.41) is 1.40. The van der Waals surface area contributed by atoms with Gasteiger partial charge in [-0.3, -0.25) is 0 Å². The molecule has 4 nitrogen and oxygen atoms in total. The molecule has 120 valence electrons.